The Morgan fingerprint density at radius 2 is 1.87 bits per heavy atom. The van der Waals surface area contributed by atoms with E-state index in [9.17, 15) is 26.4 Å². The summed E-state index contributed by atoms with van der Waals surface area (Å²) in [4.78, 5) is 32.1. The fourth-order valence-electron chi connectivity index (χ4n) is 6.51. The number of alkyl halides is 3. The van der Waals surface area contributed by atoms with Gasteiger partial charge in [-0.1, -0.05) is 12.6 Å². The van der Waals surface area contributed by atoms with Crippen molar-refractivity contribution in [2.75, 3.05) is 54.2 Å². The predicted octanol–water partition coefficient (Wildman–Crippen LogP) is 4.60. The quantitative estimate of drug-likeness (QED) is 0.327. The van der Waals surface area contributed by atoms with E-state index >= 15 is 0 Å². The van der Waals surface area contributed by atoms with Gasteiger partial charge in [0.15, 0.2) is 0 Å². The number of hydrogen-bond donors (Lipinski definition) is 1. The normalized spacial score (nSPS) is 22.4. The molecule has 3 aliphatic heterocycles. The summed E-state index contributed by atoms with van der Waals surface area (Å²) in [7, 11) is -3.51. The number of carbonyl (C=O) groups is 1. The third kappa shape index (κ3) is 5.97. The molecule has 0 radical (unpaired) electrons. The summed E-state index contributed by atoms with van der Waals surface area (Å²) in [6, 6.07) is 6.80. The van der Waals surface area contributed by atoms with Gasteiger partial charge in [0.2, 0.25) is 21.7 Å². The number of hydrogen-bond acceptors (Lipinski definition) is 10. The number of benzene rings is 1. The molecule has 1 aromatic carbocycles. The van der Waals surface area contributed by atoms with Crippen molar-refractivity contribution in [3.05, 3.63) is 54.9 Å². The molecule has 3 fully saturated rings. The maximum atomic E-state index is 13.1. The summed E-state index contributed by atoms with van der Waals surface area (Å²) in [5.74, 6) is -0.127. The molecule has 246 valence electrons. The third-order valence-corrected chi connectivity index (χ3v) is 11.0. The molecule has 1 N–H and O–H groups in total. The molecule has 3 aliphatic rings. The molecule has 46 heavy (non-hydrogen) atoms. The van der Waals surface area contributed by atoms with Crippen LogP contribution in [0.4, 0.5) is 36.4 Å². The van der Waals surface area contributed by atoms with Crippen LogP contribution in [0, 0.1) is 5.92 Å². The summed E-state index contributed by atoms with van der Waals surface area (Å²) in [5.41, 5.74) is -3.65. The highest BCUT2D eigenvalue weighted by Crippen LogP contribution is 2.43. The standard InChI is InChI=1S/C31H36F3N7O4S/c1-4-29(42)40-14-10-26(40)22-5-6-25(41-17-20(19(41)2)18-46(43,44)31(32,33)34)24-16-36-28(15-23(22)24)37-27-7-11-35-30(38-27)39-12-8-21(45-3)9-13-39/h4-7,11,15-16,19-21,26H,1,8-10,12-14,17-18H2,2-3H3,(H,35,36,37,38)/t19-,20-,26+/m1/s1. The van der Waals surface area contributed by atoms with Crippen LogP contribution < -0.4 is 15.1 Å². The van der Waals surface area contributed by atoms with E-state index in [4.69, 9.17) is 9.72 Å². The zero-order chi connectivity index (χ0) is 32.8. The van der Waals surface area contributed by atoms with Crippen LogP contribution >= 0.6 is 0 Å². The van der Waals surface area contributed by atoms with E-state index in [1.807, 2.05) is 23.1 Å². The lowest BCUT2D eigenvalue weighted by Crippen LogP contribution is -2.58. The number of nitrogens with zero attached hydrogens (tertiary/aromatic N) is 6. The van der Waals surface area contributed by atoms with Crippen molar-refractivity contribution >= 4 is 49.8 Å². The number of ether oxygens (including phenoxy) is 1. The molecule has 0 bridgehead atoms. The molecule has 3 saturated heterocycles. The van der Waals surface area contributed by atoms with Crippen molar-refractivity contribution in [1.29, 1.82) is 0 Å². The van der Waals surface area contributed by atoms with Gasteiger partial charge < -0.3 is 24.8 Å². The van der Waals surface area contributed by atoms with Crippen LogP contribution in [0.2, 0.25) is 0 Å². The molecular formula is C31H36F3N7O4S. The Hall–Kier alpha value is -3.98. The van der Waals surface area contributed by atoms with Crippen molar-refractivity contribution in [1.82, 2.24) is 19.9 Å². The predicted molar refractivity (Wildman–Crippen MR) is 169 cm³/mol. The topological polar surface area (TPSA) is 121 Å². The van der Waals surface area contributed by atoms with E-state index in [0.717, 1.165) is 54.4 Å². The Morgan fingerprint density at radius 1 is 1.11 bits per heavy atom. The van der Waals surface area contributed by atoms with Gasteiger partial charge in [-0.2, -0.15) is 18.2 Å². The molecular weight excluding hydrogens is 623 g/mol. The first-order valence-corrected chi connectivity index (χ1v) is 16.8. The van der Waals surface area contributed by atoms with Crippen molar-refractivity contribution in [3.63, 3.8) is 0 Å². The Balaban J connectivity index is 1.30. The molecule has 1 amide bonds. The maximum Gasteiger partial charge on any atom is 0.497 e. The number of methoxy groups -OCH3 is 1. The molecule has 6 rings (SSSR count). The number of amides is 1. The van der Waals surface area contributed by atoms with Crippen molar-refractivity contribution in [2.24, 2.45) is 5.92 Å². The molecule has 0 aliphatic carbocycles. The van der Waals surface area contributed by atoms with Crippen molar-refractivity contribution in [2.45, 2.75) is 49.9 Å². The Morgan fingerprint density at radius 3 is 2.50 bits per heavy atom. The molecule has 0 saturated carbocycles. The van der Waals surface area contributed by atoms with Gasteiger partial charge in [0.05, 0.1) is 17.9 Å². The number of fused-ring (bicyclic) bond motifs is 1. The number of anilines is 4. The number of pyridine rings is 1. The van der Waals surface area contributed by atoms with Crippen LogP contribution in [0.1, 0.15) is 37.8 Å². The smallest absolute Gasteiger partial charge is 0.381 e. The Bertz CT molecular complexity index is 1750. The zero-order valence-electron chi connectivity index (χ0n) is 25.6. The fraction of sp³-hybridized carbons (Fsp3) is 0.484. The molecule has 11 nitrogen and oxygen atoms in total. The van der Waals surface area contributed by atoms with E-state index < -0.39 is 33.1 Å². The second-order valence-corrected chi connectivity index (χ2v) is 14.0. The fourth-order valence-corrected chi connectivity index (χ4v) is 7.65. The van der Waals surface area contributed by atoms with E-state index in [-0.39, 0.29) is 24.6 Å². The molecule has 0 unspecified atom stereocenters. The van der Waals surface area contributed by atoms with Crippen LogP contribution in [0.5, 0.6) is 0 Å². The molecule has 15 heteroatoms. The molecule has 3 aromatic rings. The van der Waals surface area contributed by atoms with Gasteiger partial charge in [0, 0.05) is 68.7 Å². The van der Waals surface area contributed by atoms with E-state index in [0.29, 0.717) is 24.1 Å². The first-order chi connectivity index (χ1) is 21.9. The maximum absolute atomic E-state index is 13.1. The number of likely N-dealkylation sites (tertiary alicyclic amines) is 1. The average molecular weight is 660 g/mol. The van der Waals surface area contributed by atoms with Crippen LogP contribution in [-0.4, -0.2) is 90.9 Å². The largest absolute Gasteiger partial charge is 0.497 e. The Kier molecular flexibility index (Phi) is 8.57. The number of halogens is 3. The number of carbonyl (C=O) groups excluding carboxylic acids is 1. The zero-order valence-corrected chi connectivity index (χ0v) is 26.4. The van der Waals surface area contributed by atoms with Gasteiger partial charge in [-0.15, -0.1) is 0 Å². The van der Waals surface area contributed by atoms with Gasteiger partial charge in [-0.25, -0.2) is 18.4 Å². The second kappa shape index (κ2) is 12.3. The highest BCUT2D eigenvalue weighted by atomic mass is 32.2. The minimum absolute atomic E-state index is 0.154. The van der Waals surface area contributed by atoms with E-state index in [1.54, 1.807) is 37.4 Å². The van der Waals surface area contributed by atoms with Crippen LogP contribution in [0.15, 0.2) is 49.3 Å². The van der Waals surface area contributed by atoms with Crippen molar-refractivity contribution in [3.8, 4) is 0 Å². The average Bonchev–Trinajstić information content (AvgIpc) is 3.02. The molecule has 2 aromatic heterocycles. The van der Waals surface area contributed by atoms with Gasteiger partial charge in [-0.3, -0.25) is 4.79 Å². The molecule has 0 spiro atoms. The third-order valence-electron chi connectivity index (χ3n) is 9.41. The van der Waals surface area contributed by atoms with E-state index in [1.165, 1.54) is 6.08 Å². The van der Waals surface area contributed by atoms with E-state index in [2.05, 4.69) is 26.8 Å². The molecule has 3 atom stereocenters. The second-order valence-electron chi connectivity index (χ2n) is 12.0. The summed E-state index contributed by atoms with van der Waals surface area (Å²) in [6.45, 7) is 7.66. The highest BCUT2D eigenvalue weighted by molar-refractivity contribution is 7.92. The SMILES string of the molecule is C=CC(=O)N1CC[C@H]1c1ccc(N2C[C@H](CS(=O)(=O)C(F)(F)F)[C@H]2C)c2cnc(Nc3ccnc(N4CCC(OC)CC4)n3)cc12. The van der Waals surface area contributed by atoms with Gasteiger partial charge >= 0.3 is 5.51 Å². The first-order valence-electron chi connectivity index (χ1n) is 15.2. The summed E-state index contributed by atoms with van der Waals surface area (Å²) < 4.78 is 68.3. The van der Waals surface area contributed by atoms with Crippen LogP contribution in [0.3, 0.4) is 0 Å². The van der Waals surface area contributed by atoms with Crippen LogP contribution in [0.25, 0.3) is 10.8 Å². The van der Waals surface area contributed by atoms with Crippen LogP contribution in [-0.2, 0) is 19.4 Å². The lowest BCUT2D eigenvalue weighted by molar-refractivity contribution is -0.133. The van der Waals surface area contributed by atoms with Gasteiger partial charge in [-0.05, 0) is 61.4 Å². The monoisotopic (exact) mass is 659 g/mol. The lowest BCUT2D eigenvalue weighted by Gasteiger charge is -2.48. The number of rotatable bonds is 9. The summed E-state index contributed by atoms with van der Waals surface area (Å²) in [5, 5.41) is 4.84. The van der Waals surface area contributed by atoms with Gasteiger partial charge in [0.25, 0.3) is 0 Å². The minimum atomic E-state index is -5.28. The number of nitrogens with one attached hydrogen (secondary N) is 1. The van der Waals surface area contributed by atoms with Crippen molar-refractivity contribution < 1.29 is 31.1 Å². The number of aromatic nitrogens is 3. The minimum Gasteiger partial charge on any atom is -0.381 e. The number of piperidine rings is 1. The summed E-state index contributed by atoms with van der Waals surface area (Å²) >= 11 is 0. The first kappa shape index (κ1) is 32.0. The van der Waals surface area contributed by atoms with Gasteiger partial charge in [0.1, 0.15) is 11.6 Å². The molecule has 5 heterocycles. The summed E-state index contributed by atoms with van der Waals surface area (Å²) in [6.07, 6.45) is 7.42. The lowest BCUT2D eigenvalue weighted by atomic mass is 9.87. The Labute approximate surface area is 265 Å². The highest BCUT2D eigenvalue weighted by Gasteiger charge is 2.50. The number of sulfone groups is 1.